The number of hydrogen-bond donors (Lipinski definition) is 0. The zero-order chi connectivity index (χ0) is 27.5. The molecule has 0 N–H and O–H groups in total. The van der Waals surface area contributed by atoms with Gasteiger partial charge in [0, 0.05) is 28.9 Å². The lowest BCUT2D eigenvalue weighted by atomic mass is 9.97. The highest BCUT2D eigenvalue weighted by Gasteiger charge is 2.31. The van der Waals surface area contributed by atoms with Gasteiger partial charge in [0.1, 0.15) is 0 Å². The summed E-state index contributed by atoms with van der Waals surface area (Å²) in [6.07, 6.45) is 10.8. The van der Waals surface area contributed by atoms with Crippen LogP contribution in [-0.4, -0.2) is 35.4 Å². The van der Waals surface area contributed by atoms with Gasteiger partial charge in [0.15, 0.2) is 16.3 Å². The predicted molar refractivity (Wildman–Crippen MR) is 151 cm³/mol. The standard InChI is InChI=1S/C30H27N3O5S/c1-5-14-32-18-20(21-10-8-9-11-23(21)32)16-26-28(34)33-27(22(29(35)36-4)17-31-30(33)39-26)19-12-13-24(37-6-2)25(15-19)38-7-3/h1,8-13,15-18,27H,6-7,14H2,2-4H3/b26-16+/t27-/m1/s1. The van der Waals surface area contributed by atoms with E-state index in [9.17, 15) is 9.59 Å². The van der Waals surface area contributed by atoms with Gasteiger partial charge in [-0.2, -0.15) is 0 Å². The summed E-state index contributed by atoms with van der Waals surface area (Å²) in [6.45, 7) is 5.09. The van der Waals surface area contributed by atoms with Crippen LogP contribution in [0.25, 0.3) is 17.0 Å². The van der Waals surface area contributed by atoms with Crippen LogP contribution in [0.15, 0.2) is 70.2 Å². The van der Waals surface area contributed by atoms with Crippen LogP contribution >= 0.6 is 11.3 Å². The molecule has 0 spiro atoms. The van der Waals surface area contributed by atoms with Gasteiger partial charge in [0.25, 0.3) is 5.56 Å². The van der Waals surface area contributed by atoms with E-state index >= 15 is 0 Å². The number of carbonyl (C=O) groups excluding carboxylic acids is 1. The first kappa shape index (κ1) is 26.1. The molecule has 1 aliphatic rings. The topological polar surface area (TPSA) is 84.0 Å². The lowest BCUT2D eigenvalue weighted by Crippen LogP contribution is -2.39. The van der Waals surface area contributed by atoms with E-state index in [4.69, 9.17) is 20.6 Å². The fraction of sp³-hybridized carbons (Fsp3) is 0.233. The molecule has 1 atom stereocenters. The molecule has 0 saturated carbocycles. The van der Waals surface area contributed by atoms with Crippen molar-refractivity contribution in [2.24, 2.45) is 4.99 Å². The molecule has 39 heavy (non-hydrogen) atoms. The largest absolute Gasteiger partial charge is 0.490 e. The Morgan fingerprint density at radius 2 is 1.92 bits per heavy atom. The number of ether oxygens (including phenoxy) is 3. The second-order valence-corrected chi connectivity index (χ2v) is 9.69. The summed E-state index contributed by atoms with van der Waals surface area (Å²) in [5.41, 5.74) is 2.51. The van der Waals surface area contributed by atoms with Crippen molar-refractivity contribution in [1.82, 2.24) is 9.13 Å². The SMILES string of the molecule is C#CCn1cc(/C=c2/sc3n(c2=O)[C@H](c2ccc(OCC)c(OCC)c2)C(C(=O)OC)=CN=3)c2ccccc21. The highest BCUT2D eigenvalue weighted by atomic mass is 32.1. The number of terminal acetylenes is 1. The smallest absolute Gasteiger partial charge is 0.337 e. The molecular formula is C30H27N3O5S. The summed E-state index contributed by atoms with van der Waals surface area (Å²) in [5, 5.41) is 0.984. The molecule has 8 nitrogen and oxygen atoms in total. The Hall–Kier alpha value is -4.55. The molecule has 0 amide bonds. The van der Waals surface area contributed by atoms with Gasteiger partial charge in [0.2, 0.25) is 0 Å². The van der Waals surface area contributed by atoms with Crippen molar-refractivity contribution in [2.45, 2.75) is 26.4 Å². The van der Waals surface area contributed by atoms with Gasteiger partial charge < -0.3 is 18.8 Å². The van der Waals surface area contributed by atoms with Crippen LogP contribution in [0.5, 0.6) is 11.5 Å². The van der Waals surface area contributed by atoms with E-state index in [0.29, 0.717) is 46.2 Å². The lowest BCUT2D eigenvalue weighted by molar-refractivity contribution is -0.136. The van der Waals surface area contributed by atoms with Gasteiger partial charge in [-0.05, 0) is 43.7 Å². The lowest BCUT2D eigenvalue weighted by Gasteiger charge is -2.23. The zero-order valence-corrected chi connectivity index (χ0v) is 22.7. The first-order valence-electron chi connectivity index (χ1n) is 12.5. The highest BCUT2D eigenvalue weighted by Crippen LogP contribution is 2.35. The fourth-order valence-electron chi connectivity index (χ4n) is 4.75. The Labute approximate surface area is 229 Å². The molecular weight excluding hydrogens is 514 g/mol. The minimum Gasteiger partial charge on any atom is -0.490 e. The van der Waals surface area contributed by atoms with E-state index in [1.807, 2.05) is 61.0 Å². The van der Waals surface area contributed by atoms with E-state index in [2.05, 4.69) is 10.9 Å². The van der Waals surface area contributed by atoms with E-state index in [0.717, 1.165) is 16.5 Å². The zero-order valence-electron chi connectivity index (χ0n) is 21.8. The van der Waals surface area contributed by atoms with Crippen LogP contribution in [0, 0.1) is 12.3 Å². The summed E-state index contributed by atoms with van der Waals surface area (Å²) >= 11 is 1.26. The van der Waals surface area contributed by atoms with Gasteiger partial charge in [-0.3, -0.25) is 9.36 Å². The van der Waals surface area contributed by atoms with Crippen molar-refractivity contribution < 1.29 is 19.0 Å². The fourth-order valence-corrected chi connectivity index (χ4v) is 5.71. The Kier molecular flexibility index (Phi) is 7.39. The van der Waals surface area contributed by atoms with Crippen molar-refractivity contribution in [3.05, 3.63) is 91.2 Å². The molecule has 1 aliphatic heterocycles. The van der Waals surface area contributed by atoms with Crippen molar-refractivity contribution in [2.75, 3.05) is 20.3 Å². The van der Waals surface area contributed by atoms with Crippen LogP contribution < -0.4 is 24.4 Å². The summed E-state index contributed by atoms with van der Waals surface area (Å²) in [6, 6.07) is 12.6. The molecule has 2 aromatic carbocycles. The second-order valence-electron chi connectivity index (χ2n) is 8.68. The van der Waals surface area contributed by atoms with Gasteiger partial charge in [0.05, 0.1) is 43.0 Å². The maximum Gasteiger partial charge on any atom is 0.337 e. The highest BCUT2D eigenvalue weighted by molar-refractivity contribution is 7.07. The Balaban J connectivity index is 1.70. The Morgan fingerprint density at radius 3 is 2.67 bits per heavy atom. The molecule has 0 fully saturated rings. The predicted octanol–water partition coefficient (Wildman–Crippen LogP) is 3.40. The first-order valence-corrected chi connectivity index (χ1v) is 13.3. The van der Waals surface area contributed by atoms with Gasteiger partial charge in [-0.1, -0.05) is 41.5 Å². The number of para-hydroxylation sites is 1. The minimum absolute atomic E-state index is 0.244. The quantitative estimate of drug-likeness (QED) is 0.252. The summed E-state index contributed by atoms with van der Waals surface area (Å²) in [5.74, 6) is 3.22. The van der Waals surface area contributed by atoms with Crippen LogP contribution in [0.3, 0.4) is 0 Å². The van der Waals surface area contributed by atoms with Crippen LogP contribution in [-0.2, 0) is 16.1 Å². The average Bonchev–Trinajstić information content (AvgIpc) is 3.46. The number of nitrogens with zero attached hydrogens (tertiary/aromatic N) is 3. The molecule has 0 radical (unpaired) electrons. The maximum absolute atomic E-state index is 13.9. The van der Waals surface area contributed by atoms with E-state index in [-0.39, 0.29) is 11.1 Å². The number of hydrogen-bond acceptors (Lipinski definition) is 7. The Bertz CT molecular complexity index is 1820. The number of thiazole rings is 1. The molecule has 4 aromatic rings. The number of fused-ring (bicyclic) bond motifs is 2. The molecule has 9 heteroatoms. The van der Waals surface area contributed by atoms with Crippen molar-refractivity contribution >= 4 is 34.3 Å². The summed E-state index contributed by atoms with van der Waals surface area (Å²) in [7, 11) is 1.31. The third kappa shape index (κ3) is 4.75. The summed E-state index contributed by atoms with van der Waals surface area (Å²) < 4.78 is 20.6. The number of carbonyl (C=O) groups is 1. The molecule has 198 valence electrons. The molecule has 3 heterocycles. The maximum atomic E-state index is 13.9. The normalized spacial score (nSPS) is 14.8. The van der Waals surface area contributed by atoms with E-state index in [1.54, 1.807) is 12.1 Å². The summed E-state index contributed by atoms with van der Waals surface area (Å²) in [4.78, 5) is 31.7. The molecule has 5 rings (SSSR count). The number of rotatable bonds is 8. The molecule has 0 bridgehead atoms. The monoisotopic (exact) mass is 541 g/mol. The molecule has 0 unspecified atom stereocenters. The van der Waals surface area contributed by atoms with Gasteiger partial charge >= 0.3 is 5.97 Å². The van der Waals surface area contributed by atoms with Crippen molar-refractivity contribution in [1.29, 1.82) is 0 Å². The van der Waals surface area contributed by atoms with Gasteiger partial charge in [-0.15, -0.1) is 6.42 Å². The van der Waals surface area contributed by atoms with Crippen LogP contribution in [0.2, 0.25) is 0 Å². The van der Waals surface area contributed by atoms with Crippen molar-refractivity contribution in [3.8, 4) is 23.8 Å². The second kappa shape index (κ2) is 11.1. The molecule has 0 aliphatic carbocycles. The molecule has 0 saturated heterocycles. The van der Waals surface area contributed by atoms with E-state index in [1.165, 1.54) is 29.2 Å². The third-order valence-electron chi connectivity index (χ3n) is 6.38. The number of aromatic nitrogens is 2. The molecule has 2 aromatic heterocycles. The third-order valence-corrected chi connectivity index (χ3v) is 7.37. The number of benzene rings is 2. The first-order chi connectivity index (χ1) is 19.0. The Morgan fingerprint density at radius 1 is 1.15 bits per heavy atom. The van der Waals surface area contributed by atoms with Crippen LogP contribution in [0.4, 0.5) is 0 Å². The number of esters is 1. The number of methoxy groups -OCH3 is 1. The van der Waals surface area contributed by atoms with E-state index < -0.39 is 12.0 Å². The van der Waals surface area contributed by atoms with Crippen molar-refractivity contribution in [3.63, 3.8) is 0 Å². The van der Waals surface area contributed by atoms with Crippen LogP contribution in [0.1, 0.15) is 31.0 Å². The average molecular weight is 542 g/mol. The van der Waals surface area contributed by atoms with Gasteiger partial charge in [-0.25, -0.2) is 9.79 Å². The minimum atomic E-state index is -0.756.